The van der Waals surface area contributed by atoms with Gasteiger partial charge in [0.1, 0.15) is 5.75 Å². The summed E-state index contributed by atoms with van der Waals surface area (Å²) in [6.07, 6.45) is 0. The summed E-state index contributed by atoms with van der Waals surface area (Å²) in [6.45, 7) is 5.44. The molecule has 1 atom stereocenters. The third-order valence-corrected chi connectivity index (χ3v) is 8.29. The standard InChI is InChI=1S/C24H21Cl2O4P/c1-14-12-15(2)20(16(3)13-14)23(27)31(29,17-8-6-5-7-9-17)24(28)21-18(25)10-11-19(26)22(21)30-4/h5-13H,1-4H3. The molecule has 0 aliphatic carbocycles. The van der Waals surface area contributed by atoms with Crippen LogP contribution < -0.4 is 10.0 Å². The largest absolute Gasteiger partial charge is 0.494 e. The van der Waals surface area contributed by atoms with Crippen molar-refractivity contribution in [3.05, 3.63) is 92.5 Å². The number of hydrogen-bond acceptors (Lipinski definition) is 4. The monoisotopic (exact) mass is 474 g/mol. The third kappa shape index (κ3) is 4.08. The van der Waals surface area contributed by atoms with E-state index < -0.39 is 18.2 Å². The van der Waals surface area contributed by atoms with E-state index in [2.05, 4.69) is 0 Å². The van der Waals surface area contributed by atoms with E-state index in [1.165, 1.54) is 31.4 Å². The number of halogens is 2. The van der Waals surface area contributed by atoms with Crippen molar-refractivity contribution < 1.29 is 18.9 Å². The highest BCUT2D eigenvalue weighted by Crippen LogP contribution is 2.54. The summed E-state index contributed by atoms with van der Waals surface area (Å²) in [6, 6.07) is 14.6. The second-order valence-electron chi connectivity index (χ2n) is 7.27. The van der Waals surface area contributed by atoms with Crippen molar-refractivity contribution in [2.45, 2.75) is 20.8 Å². The summed E-state index contributed by atoms with van der Waals surface area (Å²) in [5.41, 5.74) is 0.713. The molecule has 160 valence electrons. The Hall–Kier alpha value is -2.39. The maximum absolute atomic E-state index is 14.5. The highest BCUT2D eigenvalue weighted by atomic mass is 35.5. The van der Waals surface area contributed by atoms with Crippen LogP contribution in [0.5, 0.6) is 5.75 Å². The lowest BCUT2D eigenvalue weighted by Gasteiger charge is -2.21. The maximum Gasteiger partial charge on any atom is 0.248 e. The Balaban J connectivity index is 2.34. The zero-order chi connectivity index (χ0) is 22.9. The first-order valence-electron chi connectivity index (χ1n) is 9.48. The Morgan fingerprint density at radius 3 is 1.87 bits per heavy atom. The normalized spacial score (nSPS) is 12.8. The molecule has 0 N–H and O–H groups in total. The van der Waals surface area contributed by atoms with Crippen molar-refractivity contribution >= 4 is 46.7 Å². The minimum Gasteiger partial charge on any atom is -0.494 e. The fourth-order valence-electron chi connectivity index (χ4n) is 3.73. The molecular formula is C24H21Cl2O4P. The molecular weight excluding hydrogens is 454 g/mol. The number of carbonyl (C=O) groups excluding carboxylic acids is 2. The van der Waals surface area contributed by atoms with Gasteiger partial charge in [-0.25, -0.2) is 0 Å². The Morgan fingerprint density at radius 2 is 1.32 bits per heavy atom. The zero-order valence-electron chi connectivity index (χ0n) is 17.5. The van der Waals surface area contributed by atoms with E-state index in [1.807, 2.05) is 19.1 Å². The van der Waals surface area contributed by atoms with E-state index in [1.54, 1.807) is 32.0 Å². The van der Waals surface area contributed by atoms with Gasteiger partial charge in [0.25, 0.3) is 0 Å². The molecule has 0 aliphatic rings. The van der Waals surface area contributed by atoms with Crippen LogP contribution in [-0.2, 0) is 4.57 Å². The van der Waals surface area contributed by atoms with Gasteiger partial charge in [-0.15, -0.1) is 0 Å². The minimum atomic E-state index is -4.35. The Bertz CT molecular complexity index is 1210. The summed E-state index contributed by atoms with van der Waals surface area (Å²) < 4.78 is 19.8. The van der Waals surface area contributed by atoms with E-state index in [0.717, 1.165) is 5.56 Å². The fourth-order valence-corrected chi connectivity index (χ4v) is 6.71. The van der Waals surface area contributed by atoms with Crippen LogP contribution in [0.25, 0.3) is 0 Å². The van der Waals surface area contributed by atoms with Gasteiger partial charge in [0.15, 0.2) is 0 Å². The van der Waals surface area contributed by atoms with E-state index in [4.69, 9.17) is 27.9 Å². The molecule has 7 heteroatoms. The Kier molecular flexibility index (Phi) is 6.76. The molecule has 0 fully saturated rings. The van der Waals surface area contributed by atoms with E-state index in [-0.39, 0.29) is 32.2 Å². The van der Waals surface area contributed by atoms with Crippen molar-refractivity contribution in [2.75, 3.05) is 7.11 Å². The summed E-state index contributed by atoms with van der Waals surface area (Å²) in [7, 11) is -3.02. The first-order chi connectivity index (χ1) is 14.6. The van der Waals surface area contributed by atoms with Crippen LogP contribution in [0.15, 0.2) is 54.6 Å². The summed E-state index contributed by atoms with van der Waals surface area (Å²) in [4.78, 5) is 27.6. The first-order valence-corrected chi connectivity index (χ1v) is 11.9. The molecule has 0 radical (unpaired) electrons. The average Bonchev–Trinajstić information content (AvgIpc) is 2.73. The number of methoxy groups -OCH3 is 1. The number of benzene rings is 3. The zero-order valence-corrected chi connectivity index (χ0v) is 19.9. The number of aryl methyl sites for hydroxylation is 3. The van der Waals surface area contributed by atoms with Gasteiger partial charge >= 0.3 is 0 Å². The summed E-state index contributed by atoms with van der Waals surface area (Å²) in [5, 5.41) is 0.264. The van der Waals surface area contributed by atoms with E-state index in [9.17, 15) is 14.2 Å². The highest BCUT2D eigenvalue weighted by Gasteiger charge is 2.45. The summed E-state index contributed by atoms with van der Waals surface area (Å²) >= 11 is 12.5. The van der Waals surface area contributed by atoms with E-state index in [0.29, 0.717) is 11.1 Å². The maximum atomic E-state index is 14.5. The highest BCUT2D eigenvalue weighted by molar-refractivity contribution is 8.01. The van der Waals surface area contributed by atoms with Gasteiger partial charge in [-0.05, 0) is 44.0 Å². The SMILES string of the molecule is COc1c(Cl)ccc(Cl)c1C(=O)P(=O)(C(=O)c1c(C)cc(C)cc1C)c1ccccc1. The van der Waals surface area contributed by atoms with Crippen LogP contribution >= 0.6 is 30.3 Å². The van der Waals surface area contributed by atoms with Gasteiger partial charge in [-0.2, -0.15) is 0 Å². The lowest BCUT2D eigenvalue weighted by molar-refractivity contribution is 0.103. The number of rotatable bonds is 6. The Labute approximate surface area is 191 Å². The van der Waals surface area contributed by atoms with Gasteiger partial charge in [0, 0.05) is 10.9 Å². The fraction of sp³-hybridized carbons (Fsp3) is 0.167. The number of hydrogen-bond donors (Lipinski definition) is 0. The second-order valence-corrected chi connectivity index (χ2v) is 10.6. The third-order valence-electron chi connectivity index (χ3n) is 5.06. The molecule has 31 heavy (non-hydrogen) atoms. The van der Waals surface area contributed by atoms with Crippen molar-refractivity contribution in [1.29, 1.82) is 0 Å². The molecule has 4 nitrogen and oxygen atoms in total. The van der Waals surface area contributed by atoms with Gasteiger partial charge in [0.05, 0.1) is 22.7 Å². The molecule has 0 heterocycles. The van der Waals surface area contributed by atoms with Crippen molar-refractivity contribution in [2.24, 2.45) is 0 Å². The predicted octanol–water partition coefficient (Wildman–Crippen LogP) is 6.60. The minimum absolute atomic E-state index is 0.00700. The smallest absolute Gasteiger partial charge is 0.248 e. The van der Waals surface area contributed by atoms with E-state index >= 15 is 0 Å². The van der Waals surface area contributed by atoms with Crippen molar-refractivity contribution in [3.63, 3.8) is 0 Å². The van der Waals surface area contributed by atoms with Crippen molar-refractivity contribution in [1.82, 2.24) is 0 Å². The van der Waals surface area contributed by atoms with Crippen LogP contribution in [-0.4, -0.2) is 18.2 Å². The molecule has 0 bridgehead atoms. The molecule has 1 unspecified atom stereocenters. The second kappa shape index (κ2) is 9.00. The molecule has 0 saturated carbocycles. The quantitative estimate of drug-likeness (QED) is 0.377. The number of carbonyl (C=O) groups is 2. The molecule has 0 amide bonds. The van der Waals surface area contributed by atoms with Gasteiger partial charge < -0.3 is 9.30 Å². The Morgan fingerprint density at radius 1 is 0.806 bits per heavy atom. The lowest BCUT2D eigenvalue weighted by Crippen LogP contribution is -2.22. The molecule has 0 aromatic heterocycles. The van der Waals surface area contributed by atoms with Gasteiger partial charge in [-0.3, -0.25) is 9.59 Å². The molecule has 0 saturated heterocycles. The van der Waals surface area contributed by atoms with Crippen LogP contribution in [0.4, 0.5) is 0 Å². The molecule has 0 aliphatic heterocycles. The predicted molar refractivity (Wildman–Crippen MR) is 126 cm³/mol. The topological polar surface area (TPSA) is 60.4 Å². The molecule has 3 rings (SSSR count). The van der Waals surface area contributed by atoms with Crippen LogP contribution in [0.2, 0.25) is 10.0 Å². The van der Waals surface area contributed by atoms with Crippen molar-refractivity contribution in [3.8, 4) is 5.75 Å². The van der Waals surface area contributed by atoms with Gasteiger partial charge in [-0.1, -0.05) is 71.2 Å². The lowest BCUT2D eigenvalue weighted by atomic mass is 10.0. The van der Waals surface area contributed by atoms with Crippen LogP contribution in [0.3, 0.4) is 0 Å². The van der Waals surface area contributed by atoms with Crippen LogP contribution in [0.1, 0.15) is 37.4 Å². The number of ether oxygens (including phenoxy) is 1. The van der Waals surface area contributed by atoms with Crippen LogP contribution in [0, 0.1) is 20.8 Å². The van der Waals surface area contributed by atoms with Gasteiger partial charge in [0.2, 0.25) is 18.2 Å². The molecule has 0 spiro atoms. The summed E-state index contributed by atoms with van der Waals surface area (Å²) in [5.74, 6) is -0.0135. The average molecular weight is 475 g/mol. The molecule has 3 aromatic rings. The first kappa shape index (κ1) is 23.3. The molecule has 3 aromatic carbocycles.